The SMILES string of the molecule is NCc1cccc(-c2cc(NC(=O)C3(c4ccc5c(c4)OCO5)CC3)ccc2OC(F)(F)F)c1.[HH].[HH]. The highest BCUT2D eigenvalue weighted by atomic mass is 19.4. The second kappa shape index (κ2) is 8.25. The zero-order valence-corrected chi connectivity index (χ0v) is 17.9. The number of hydrogen-bond acceptors (Lipinski definition) is 5. The van der Waals surface area contributed by atoms with Crippen molar-refractivity contribution in [2.75, 3.05) is 12.1 Å². The van der Waals surface area contributed by atoms with Crippen molar-refractivity contribution >= 4 is 11.6 Å². The fourth-order valence-electron chi connectivity index (χ4n) is 4.13. The Kier molecular flexibility index (Phi) is 5.36. The average Bonchev–Trinajstić information content (AvgIpc) is 3.50. The Hall–Kier alpha value is -3.72. The first-order valence-corrected chi connectivity index (χ1v) is 10.7. The number of carbonyl (C=O) groups excluding carboxylic acids is 1. The number of amides is 1. The molecule has 9 heteroatoms. The predicted octanol–water partition coefficient (Wildman–Crippen LogP) is 5.60. The van der Waals surface area contributed by atoms with E-state index in [1.54, 1.807) is 36.4 Å². The third kappa shape index (κ3) is 4.26. The molecule has 3 N–H and O–H groups in total. The van der Waals surface area contributed by atoms with Crippen molar-refractivity contribution < 1.29 is 35.0 Å². The van der Waals surface area contributed by atoms with Gasteiger partial charge >= 0.3 is 6.36 Å². The van der Waals surface area contributed by atoms with Gasteiger partial charge in [0, 0.05) is 20.6 Å². The van der Waals surface area contributed by atoms with Gasteiger partial charge in [0.1, 0.15) is 5.75 Å². The summed E-state index contributed by atoms with van der Waals surface area (Å²) in [6.45, 7) is 0.371. The van der Waals surface area contributed by atoms with Crippen molar-refractivity contribution in [3.63, 3.8) is 0 Å². The number of carbonyl (C=O) groups is 1. The number of fused-ring (bicyclic) bond motifs is 1. The number of ether oxygens (including phenoxy) is 3. The maximum absolute atomic E-state index is 13.2. The standard InChI is InChI=1S/C25H21F3N2O4.2H2/c26-25(27,28)34-20-7-5-18(12-19(20)16-3-1-2-15(10-16)13-29)30-23(31)24(8-9-24)17-4-6-21-22(11-17)33-14-32-21;;/h1-7,10-12H,8-9,13-14,29H2,(H,30,31);2*1H. The fourth-order valence-corrected chi connectivity index (χ4v) is 4.13. The topological polar surface area (TPSA) is 82.8 Å². The van der Waals surface area contributed by atoms with Gasteiger partial charge in [0.2, 0.25) is 12.7 Å². The Morgan fingerprint density at radius 2 is 1.85 bits per heavy atom. The summed E-state index contributed by atoms with van der Waals surface area (Å²) in [5.74, 6) is 0.617. The van der Waals surface area contributed by atoms with Crippen molar-refractivity contribution in [2.24, 2.45) is 5.73 Å². The molecule has 180 valence electrons. The van der Waals surface area contributed by atoms with Crippen LogP contribution in [0.3, 0.4) is 0 Å². The molecule has 2 aliphatic rings. The van der Waals surface area contributed by atoms with Gasteiger partial charge in [0.05, 0.1) is 5.41 Å². The second-order valence-corrected chi connectivity index (χ2v) is 8.27. The van der Waals surface area contributed by atoms with Crippen LogP contribution in [0.25, 0.3) is 11.1 Å². The molecule has 6 nitrogen and oxygen atoms in total. The molecule has 0 radical (unpaired) electrons. The third-order valence-corrected chi connectivity index (χ3v) is 6.05. The number of rotatable bonds is 6. The summed E-state index contributed by atoms with van der Waals surface area (Å²) in [6, 6.07) is 16.3. The van der Waals surface area contributed by atoms with Gasteiger partial charge in [-0.2, -0.15) is 0 Å². The van der Waals surface area contributed by atoms with E-state index in [0.717, 1.165) is 11.1 Å². The summed E-state index contributed by atoms with van der Waals surface area (Å²) in [5, 5.41) is 2.87. The molecule has 1 heterocycles. The molecule has 5 rings (SSSR count). The van der Waals surface area contributed by atoms with E-state index >= 15 is 0 Å². The number of nitrogens with two attached hydrogens (primary N) is 1. The molecule has 1 amide bonds. The van der Waals surface area contributed by atoms with Gasteiger partial charge in [0.15, 0.2) is 11.5 Å². The summed E-state index contributed by atoms with van der Waals surface area (Å²) in [4.78, 5) is 13.2. The molecule has 0 bridgehead atoms. The van der Waals surface area contributed by atoms with Crippen LogP contribution in [0.15, 0.2) is 60.7 Å². The van der Waals surface area contributed by atoms with Crippen LogP contribution in [0, 0.1) is 0 Å². The lowest BCUT2D eigenvalue weighted by atomic mass is 9.94. The first kappa shape index (κ1) is 22.1. The summed E-state index contributed by atoms with van der Waals surface area (Å²) in [5.41, 5.74) is 7.58. The summed E-state index contributed by atoms with van der Waals surface area (Å²) in [7, 11) is 0. The lowest BCUT2D eigenvalue weighted by molar-refractivity contribution is -0.274. The highest BCUT2D eigenvalue weighted by Gasteiger charge is 2.51. The largest absolute Gasteiger partial charge is 0.573 e. The van der Waals surface area contributed by atoms with E-state index in [1.807, 2.05) is 6.07 Å². The number of halogens is 3. The zero-order valence-electron chi connectivity index (χ0n) is 17.9. The van der Waals surface area contributed by atoms with Gasteiger partial charge in [-0.05, 0) is 65.9 Å². The molecule has 3 aromatic rings. The lowest BCUT2D eigenvalue weighted by Crippen LogP contribution is -2.27. The number of hydrogen-bond donors (Lipinski definition) is 2. The smallest absolute Gasteiger partial charge is 0.454 e. The minimum atomic E-state index is -4.86. The molecule has 0 spiro atoms. The molecular weight excluding hydrogens is 449 g/mol. The normalized spacial score (nSPS) is 15.6. The molecule has 1 fully saturated rings. The molecule has 0 aromatic heterocycles. The fraction of sp³-hybridized carbons (Fsp3) is 0.240. The van der Waals surface area contributed by atoms with E-state index in [4.69, 9.17) is 15.2 Å². The van der Waals surface area contributed by atoms with Crippen LogP contribution in [0.1, 0.15) is 26.8 Å². The number of alkyl halides is 3. The molecule has 0 atom stereocenters. The van der Waals surface area contributed by atoms with Crippen molar-refractivity contribution in [3.8, 4) is 28.4 Å². The molecular formula is C25H25F3N2O4. The van der Waals surface area contributed by atoms with Crippen molar-refractivity contribution in [2.45, 2.75) is 31.2 Å². The Balaban J connectivity index is 0.00000180. The van der Waals surface area contributed by atoms with E-state index in [-0.39, 0.29) is 33.4 Å². The Morgan fingerprint density at radius 3 is 2.59 bits per heavy atom. The average molecular weight is 474 g/mol. The second-order valence-electron chi connectivity index (χ2n) is 8.27. The summed E-state index contributed by atoms with van der Waals surface area (Å²) >= 11 is 0. The zero-order chi connectivity index (χ0) is 23.9. The van der Waals surface area contributed by atoms with E-state index in [1.165, 1.54) is 18.2 Å². The summed E-state index contributed by atoms with van der Waals surface area (Å²) in [6.07, 6.45) is -3.55. The first-order valence-electron chi connectivity index (χ1n) is 10.7. The number of anilines is 1. The van der Waals surface area contributed by atoms with Gasteiger partial charge in [-0.3, -0.25) is 4.79 Å². The van der Waals surface area contributed by atoms with Crippen molar-refractivity contribution in [1.29, 1.82) is 0 Å². The number of nitrogens with one attached hydrogen (secondary N) is 1. The van der Waals surface area contributed by atoms with E-state index < -0.39 is 11.8 Å². The lowest BCUT2D eigenvalue weighted by Gasteiger charge is -2.18. The van der Waals surface area contributed by atoms with Crippen LogP contribution in [0.5, 0.6) is 17.2 Å². The molecule has 0 unspecified atom stereocenters. The van der Waals surface area contributed by atoms with Crippen LogP contribution in [0.4, 0.5) is 18.9 Å². The van der Waals surface area contributed by atoms with Crippen LogP contribution < -0.4 is 25.3 Å². The highest BCUT2D eigenvalue weighted by molar-refractivity contribution is 6.02. The molecule has 1 aliphatic heterocycles. The van der Waals surface area contributed by atoms with Crippen LogP contribution in [0.2, 0.25) is 0 Å². The van der Waals surface area contributed by atoms with E-state index in [2.05, 4.69) is 10.1 Å². The summed E-state index contributed by atoms with van der Waals surface area (Å²) < 4.78 is 54.0. The first-order chi connectivity index (χ1) is 16.3. The van der Waals surface area contributed by atoms with Crippen molar-refractivity contribution in [1.82, 2.24) is 0 Å². The molecule has 34 heavy (non-hydrogen) atoms. The van der Waals surface area contributed by atoms with E-state index in [9.17, 15) is 18.0 Å². The van der Waals surface area contributed by atoms with E-state index in [0.29, 0.717) is 35.6 Å². The number of benzene rings is 3. The maximum atomic E-state index is 13.2. The highest BCUT2D eigenvalue weighted by Crippen LogP contribution is 2.51. The van der Waals surface area contributed by atoms with Gasteiger partial charge < -0.3 is 25.3 Å². The van der Waals surface area contributed by atoms with Crippen LogP contribution in [-0.4, -0.2) is 19.1 Å². The van der Waals surface area contributed by atoms with Crippen LogP contribution in [-0.2, 0) is 16.8 Å². The monoisotopic (exact) mass is 474 g/mol. The van der Waals surface area contributed by atoms with Gasteiger partial charge in [-0.1, -0.05) is 24.3 Å². The molecule has 1 saturated carbocycles. The van der Waals surface area contributed by atoms with Gasteiger partial charge in [-0.15, -0.1) is 13.2 Å². The van der Waals surface area contributed by atoms with Gasteiger partial charge in [-0.25, -0.2) is 0 Å². The van der Waals surface area contributed by atoms with Crippen LogP contribution >= 0.6 is 0 Å². The molecule has 0 saturated heterocycles. The maximum Gasteiger partial charge on any atom is 0.573 e. The molecule has 3 aromatic carbocycles. The Bertz CT molecular complexity index is 1270. The van der Waals surface area contributed by atoms with Gasteiger partial charge in [0.25, 0.3) is 0 Å². The Labute approximate surface area is 196 Å². The van der Waals surface area contributed by atoms with Crippen molar-refractivity contribution in [3.05, 3.63) is 71.8 Å². The third-order valence-electron chi connectivity index (χ3n) is 6.05. The Morgan fingerprint density at radius 1 is 1.06 bits per heavy atom. The molecule has 1 aliphatic carbocycles. The quantitative estimate of drug-likeness (QED) is 0.486. The minimum Gasteiger partial charge on any atom is -0.454 e. The predicted molar refractivity (Wildman–Crippen MR) is 123 cm³/mol. The minimum absolute atomic E-state index is 0.